The third-order valence-electron chi connectivity index (χ3n) is 4.10. The van der Waals surface area contributed by atoms with Crippen LogP contribution in [0.4, 0.5) is 5.69 Å². The molecule has 2 aromatic rings. The Morgan fingerprint density at radius 2 is 1.67 bits per heavy atom. The molecule has 5 nitrogen and oxygen atoms in total. The van der Waals surface area contributed by atoms with Crippen LogP contribution in [0.5, 0.6) is 11.5 Å². The molecule has 0 aliphatic carbocycles. The van der Waals surface area contributed by atoms with Gasteiger partial charge in [0, 0.05) is 29.6 Å². The second-order valence-electron chi connectivity index (χ2n) is 6.52. The summed E-state index contributed by atoms with van der Waals surface area (Å²) in [6, 6.07) is 14.7. The minimum atomic E-state index is -0.609. The molecule has 0 saturated heterocycles. The number of nitrogens with one attached hydrogen (secondary N) is 1. The molecule has 146 valence electrons. The number of aliphatic hydroxyl groups is 1. The van der Waals surface area contributed by atoms with Crippen LogP contribution in [0.3, 0.4) is 0 Å². The van der Waals surface area contributed by atoms with Gasteiger partial charge >= 0.3 is 0 Å². The predicted octanol–water partition coefficient (Wildman–Crippen LogP) is 4.13. The molecule has 2 atom stereocenters. The molecule has 6 heteroatoms. The van der Waals surface area contributed by atoms with Gasteiger partial charge < -0.3 is 19.9 Å². The number of carbonyl (C=O) groups is 1. The molecule has 0 aliphatic heterocycles. The SMILES string of the molecule is COc1cc(NC(=O)C(SCC(O)c2ccccc2)C(C)C)cc(OC)c1. The molecule has 0 saturated carbocycles. The van der Waals surface area contributed by atoms with E-state index in [1.807, 2.05) is 44.2 Å². The molecular formula is C21H27NO4S. The molecule has 2 rings (SSSR count). The van der Waals surface area contributed by atoms with Crippen molar-refractivity contribution in [1.29, 1.82) is 0 Å². The molecule has 0 aliphatic rings. The van der Waals surface area contributed by atoms with Crippen LogP contribution in [0, 0.1) is 5.92 Å². The monoisotopic (exact) mass is 389 g/mol. The summed E-state index contributed by atoms with van der Waals surface area (Å²) in [7, 11) is 3.14. The number of ether oxygens (including phenoxy) is 2. The minimum Gasteiger partial charge on any atom is -0.497 e. The first-order chi connectivity index (χ1) is 12.9. The summed E-state index contributed by atoms with van der Waals surface area (Å²) in [5.74, 6) is 1.67. The van der Waals surface area contributed by atoms with Crippen molar-refractivity contribution in [2.75, 3.05) is 25.3 Å². The van der Waals surface area contributed by atoms with E-state index in [0.717, 1.165) is 5.56 Å². The van der Waals surface area contributed by atoms with E-state index in [1.54, 1.807) is 32.4 Å². The summed E-state index contributed by atoms with van der Waals surface area (Å²) in [6.45, 7) is 4.00. The van der Waals surface area contributed by atoms with Gasteiger partial charge in [-0.05, 0) is 11.5 Å². The Bertz CT molecular complexity index is 714. The van der Waals surface area contributed by atoms with Crippen LogP contribution >= 0.6 is 11.8 Å². The highest BCUT2D eigenvalue weighted by atomic mass is 32.2. The number of hydrogen-bond acceptors (Lipinski definition) is 5. The number of rotatable bonds is 9. The van der Waals surface area contributed by atoms with Gasteiger partial charge in [0.05, 0.1) is 25.6 Å². The third-order valence-corrected chi connectivity index (χ3v) is 5.73. The fraction of sp³-hybridized carbons (Fsp3) is 0.381. The second-order valence-corrected chi connectivity index (χ2v) is 7.69. The van der Waals surface area contributed by atoms with Crippen LogP contribution in [-0.2, 0) is 4.79 Å². The van der Waals surface area contributed by atoms with E-state index in [1.165, 1.54) is 11.8 Å². The number of benzene rings is 2. The van der Waals surface area contributed by atoms with Gasteiger partial charge in [0.2, 0.25) is 5.91 Å². The Morgan fingerprint density at radius 1 is 1.07 bits per heavy atom. The molecule has 0 bridgehead atoms. The lowest BCUT2D eigenvalue weighted by molar-refractivity contribution is -0.116. The first-order valence-electron chi connectivity index (χ1n) is 8.83. The summed E-state index contributed by atoms with van der Waals surface area (Å²) in [5.41, 5.74) is 1.47. The van der Waals surface area contributed by atoms with E-state index in [2.05, 4.69) is 5.32 Å². The van der Waals surface area contributed by atoms with E-state index in [-0.39, 0.29) is 17.1 Å². The standard InChI is InChI=1S/C21H27NO4S/c1-14(2)20(27-13-19(23)15-8-6-5-7-9-15)21(24)22-16-10-17(25-3)12-18(11-16)26-4/h5-12,14,19-20,23H,13H2,1-4H3,(H,22,24). The van der Waals surface area contributed by atoms with Crippen molar-refractivity contribution < 1.29 is 19.4 Å². The number of carbonyl (C=O) groups excluding carboxylic acids is 1. The second kappa shape index (κ2) is 10.2. The van der Waals surface area contributed by atoms with Crippen LogP contribution in [-0.4, -0.2) is 36.2 Å². The molecular weight excluding hydrogens is 362 g/mol. The van der Waals surface area contributed by atoms with Crippen molar-refractivity contribution in [3.63, 3.8) is 0 Å². The minimum absolute atomic E-state index is 0.106. The van der Waals surface area contributed by atoms with Crippen molar-refractivity contribution in [2.24, 2.45) is 5.92 Å². The van der Waals surface area contributed by atoms with E-state index < -0.39 is 6.10 Å². The van der Waals surface area contributed by atoms with Crippen LogP contribution in [0.15, 0.2) is 48.5 Å². The van der Waals surface area contributed by atoms with Crippen LogP contribution in [0.1, 0.15) is 25.5 Å². The summed E-state index contributed by atoms with van der Waals surface area (Å²) in [4.78, 5) is 12.8. The number of anilines is 1. The van der Waals surface area contributed by atoms with E-state index in [4.69, 9.17) is 9.47 Å². The molecule has 0 fully saturated rings. The summed E-state index contributed by atoms with van der Waals surface area (Å²) in [5, 5.41) is 13.0. The number of thioether (sulfide) groups is 1. The van der Waals surface area contributed by atoms with Gasteiger partial charge in [-0.1, -0.05) is 44.2 Å². The predicted molar refractivity (Wildman–Crippen MR) is 111 cm³/mol. The Morgan fingerprint density at radius 3 is 2.19 bits per heavy atom. The average Bonchev–Trinajstić information content (AvgIpc) is 2.67. The number of methoxy groups -OCH3 is 2. The summed E-state index contributed by atoms with van der Waals surface area (Å²) < 4.78 is 10.5. The van der Waals surface area contributed by atoms with Crippen molar-refractivity contribution in [3.8, 4) is 11.5 Å². The molecule has 0 spiro atoms. The number of amides is 1. The molecule has 2 unspecified atom stereocenters. The van der Waals surface area contributed by atoms with Crippen molar-refractivity contribution in [1.82, 2.24) is 0 Å². The normalized spacial score (nSPS) is 13.1. The molecule has 0 aromatic heterocycles. The van der Waals surface area contributed by atoms with Gasteiger partial charge in [0.15, 0.2) is 0 Å². The smallest absolute Gasteiger partial charge is 0.237 e. The van der Waals surface area contributed by atoms with Gasteiger partial charge in [-0.25, -0.2) is 0 Å². The van der Waals surface area contributed by atoms with Crippen molar-refractivity contribution in [3.05, 3.63) is 54.1 Å². The zero-order valence-electron chi connectivity index (χ0n) is 16.1. The Labute approximate surface area is 165 Å². The van der Waals surface area contributed by atoms with Crippen molar-refractivity contribution >= 4 is 23.4 Å². The zero-order valence-corrected chi connectivity index (χ0v) is 17.0. The van der Waals surface area contributed by atoms with Crippen LogP contribution in [0.25, 0.3) is 0 Å². The average molecular weight is 390 g/mol. The van der Waals surface area contributed by atoms with Gasteiger partial charge in [-0.3, -0.25) is 4.79 Å². The maximum Gasteiger partial charge on any atom is 0.237 e. The molecule has 27 heavy (non-hydrogen) atoms. The summed E-state index contributed by atoms with van der Waals surface area (Å²) >= 11 is 1.46. The first kappa shape index (κ1) is 21.1. The van der Waals surface area contributed by atoms with Gasteiger partial charge in [0.25, 0.3) is 0 Å². The van der Waals surface area contributed by atoms with E-state index in [9.17, 15) is 9.90 Å². The van der Waals surface area contributed by atoms with Gasteiger partial charge in [-0.2, -0.15) is 0 Å². The highest BCUT2D eigenvalue weighted by Gasteiger charge is 2.24. The Hall–Kier alpha value is -2.18. The van der Waals surface area contributed by atoms with Crippen LogP contribution < -0.4 is 14.8 Å². The first-order valence-corrected chi connectivity index (χ1v) is 9.88. The van der Waals surface area contributed by atoms with Crippen molar-refractivity contribution in [2.45, 2.75) is 25.2 Å². The zero-order chi connectivity index (χ0) is 19.8. The van der Waals surface area contributed by atoms with Crippen LogP contribution in [0.2, 0.25) is 0 Å². The van der Waals surface area contributed by atoms with E-state index >= 15 is 0 Å². The molecule has 0 heterocycles. The number of hydrogen-bond donors (Lipinski definition) is 2. The lowest BCUT2D eigenvalue weighted by Gasteiger charge is -2.22. The summed E-state index contributed by atoms with van der Waals surface area (Å²) in [6.07, 6.45) is -0.609. The maximum atomic E-state index is 12.8. The number of aliphatic hydroxyl groups excluding tert-OH is 1. The fourth-order valence-corrected chi connectivity index (χ4v) is 3.81. The largest absolute Gasteiger partial charge is 0.497 e. The topological polar surface area (TPSA) is 67.8 Å². The fourth-order valence-electron chi connectivity index (χ4n) is 2.63. The highest BCUT2D eigenvalue weighted by molar-refractivity contribution is 8.00. The lowest BCUT2D eigenvalue weighted by Crippen LogP contribution is -2.30. The van der Waals surface area contributed by atoms with E-state index in [0.29, 0.717) is 22.9 Å². The quantitative estimate of drug-likeness (QED) is 0.675. The molecule has 1 amide bonds. The highest BCUT2D eigenvalue weighted by Crippen LogP contribution is 2.29. The van der Waals surface area contributed by atoms with Gasteiger partial charge in [-0.15, -0.1) is 11.8 Å². The lowest BCUT2D eigenvalue weighted by atomic mass is 10.1. The maximum absolute atomic E-state index is 12.8. The Kier molecular flexibility index (Phi) is 8.00. The molecule has 2 aromatic carbocycles. The Balaban J connectivity index is 2.04. The van der Waals surface area contributed by atoms with Gasteiger partial charge in [0.1, 0.15) is 11.5 Å². The molecule has 0 radical (unpaired) electrons. The molecule has 2 N–H and O–H groups in total. The third kappa shape index (κ3) is 6.19.